The van der Waals surface area contributed by atoms with Crippen molar-refractivity contribution in [2.75, 3.05) is 18.0 Å². The molecule has 0 unspecified atom stereocenters. The smallest absolute Gasteiger partial charge is 0.128 e. The molecule has 0 aromatic carbocycles. The molecule has 20 heavy (non-hydrogen) atoms. The first-order valence-corrected chi connectivity index (χ1v) is 8.23. The van der Waals surface area contributed by atoms with E-state index in [2.05, 4.69) is 34.3 Å². The Bertz CT molecular complexity index is 390. The first-order chi connectivity index (χ1) is 9.81. The van der Waals surface area contributed by atoms with Crippen molar-refractivity contribution in [3.63, 3.8) is 0 Å². The molecule has 3 nitrogen and oxygen atoms in total. The highest BCUT2D eigenvalue weighted by Gasteiger charge is 2.24. The van der Waals surface area contributed by atoms with Gasteiger partial charge in [-0.15, -0.1) is 0 Å². The number of nitrogens with one attached hydrogen (secondary N) is 1. The van der Waals surface area contributed by atoms with Crippen molar-refractivity contribution in [2.45, 2.75) is 57.5 Å². The van der Waals surface area contributed by atoms with Crippen LogP contribution >= 0.6 is 0 Å². The zero-order chi connectivity index (χ0) is 13.8. The highest BCUT2D eigenvalue weighted by molar-refractivity contribution is 5.38. The van der Waals surface area contributed by atoms with Gasteiger partial charge in [0.25, 0.3) is 0 Å². The molecule has 110 valence electrons. The highest BCUT2D eigenvalue weighted by atomic mass is 15.2. The van der Waals surface area contributed by atoms with Gasteiger partial charge in [-0.05, 0) is 56.6 Å². The van der Waals surface area contributed by atoms with Crippen molar-refractivity contribution in [3.8, 4) is 0 Å². The Morgan fingerprint density at radius 3 is 2.35 bits per heavy atom. The predicted octanol–water partition coefficient (Wildman–Crippen LogP) is 3.22. The summed E-state index contributed by atoms with van der Waals surface area (Å²) in [6, 6.07) is 7.68. The number of aromatic nitrogens is 1. The summed E-state index contributed by atoms with van der Waals surface area (Å²) in [6.45, 7) is 4.66. The van der Waals surface area contributed by atoms with E-state index in [0.717, 1.165) is 30.9 Å². The SMILES string of the molecule is CC1CCC(NC2CCN(c3ccccn3)CC2)CC1. The predicted molar refractivity (Wildman–Crippen MR) is 84.0 cm³/mol. The Kier molecular flexibility index (Phi) is 4.56. The quantitative estimate of drug-likeness (QED) is 0.916. The monoisotopic (exact) mass is 273 g/mol. The van der Waals surface area contributed by atoms with E-state index < -0.39 is 0 Å². The number of hydrogen-bond acceptors (Lipinski definition) is 3. The van der Waals surface area contributed by atoms with Crippen molar-refractivity contribution in [3.05, 3.63) is 24.4 Å². The Hall–Kier alpha value is -1.09. The molecule has 1 aromatic rings. The van der Waals surface area contributed by atoms with E-state index in [-0.39, 0.29) is 0 Å². The molecule has 1 aliphatic carbocycles. The van der Waals surface area contributed by atoms with Gasteiger partial charge in [0.15, 0.2) is 0 Å². The van der Waals surface area contributed by atoms with Crippen LogP contribution in [0.5, 0.6) is 0 Å². The molecule has 1 aliphatic heterocycles. The fourth-order valence-corrected chi connectivity index (χ4v) is 3.58. The molecule has 1 saturated heterocycles. The third-order valence-electron chi connectivity index (χ3n) is 4.96. The van der Waals surface area contributed by atoms with Gasteiger partial charge < -0.3 is 10.2 Å². The van der Waals surface area contributed by atoms with Gasteiger partial charge in [0.1, 0.15) is 5.82 Å². The summed E-state index contributed by atoms with van der Waals surface area (Å²) in [5, 5.41) is 3.90. The lowest BCUT2D eigenvalue weighted by molar-refractivity contribution is 0.270. The lowest BCUT2D eigenvalue weighted by atomic mass is 9.86. The molecule has 2 heterocycles. The zero-order valence-corrected chi connectivity index (χ0v) is 12.6. The molecule has 0 bridgehead atoms. The van der Waals surface area contributed by atoms with Crippen LogP contribution in [0.2, 0.25) is 0 Å². The van der Waals surface area contributed by atoms with Crippen LogP contribution in [-0.4, -0.2) is 30.2 Å². The van der Waals surface area contributed by atoms with Gasteiger partial charge in [-0.1, -0.05) is 13.0 Å². The maximum absolute atomic E-state index is 4.46. The van der Waals surface area contributed by atoms with Crippen molar-refractivity contribution in [2.24, 2.45) is 5.92 Å². The summed E-state index contributed by atoms with van der Waals surface area (Å²) in [7, 11) is 0. The molecule has 2 aliphatic rings. The van der Waals surface area contributed by atoms with Crippen LogP contribution < -0.4 is 10.2 Å². The van der Waals surface area contributed by atoms with E-state index in [9.17, 15) is 0 Å². The highest BCUT2D eigenvalue weighted by Crippen LogP contribution is 2.25. The maximum atomic E-state index is 4.46. The largest absolute Gasteiger partial charge is 0.357 e. The summed E-state index contributed by atoms with van der Waals surface area (Å²) in [5.74, 6) is 2.08. The molecular formula is C17H27N3. The van der Waals surface area contributed by atoms with Gasteiger partial charge in [-0.25, -0.2) is 4.98 Å². The summed E-state index contributed by atoms with van der Waals surface area (Å²) < 4.78 is 0. The standard InChI is InChI=1S/C17H27N3/c1-14-5-7-15(8-6-14)19-16-9-12-20(13-10-16)17-4-2-3-11-18-17/h2-4,11,14-16,19H,5-10,12-13H2,1H3. The third kappa shape index (κ3) is 3.51. The topological polar surface area (TPSA) is 28.2 Å². The number of nitrogens with zero attached hydrogens (tertiary/aromatic N) is 2. The molecule has 2 fully saturated rings. The lowest BCUT2D eigenvalue weighted by Crippen LogP contribution is -2.47. The first kappa shape index (κ1) is 13.9. The number of hydrogen-bond donors (Lipinski definition) is 1. The summed E-state index contributed by atoms with van der Waals surface area (Å²) >= 11 is 0. The van der Waals surface area contributed by atoms with E-state index in [0.29, 0.717) is 6.04 Å². The Balaban J connectivity index is 1.44. The van der Waals surface area contributed by atoms with Crippen LogP contribution in [0.3, 0.4) is 0 Å². The molecule has 1 aromatic heterocycles. The second kappa shape index (κ2) is 6.57. The second-order valence-corrected chi connectivity index (χ2v) is 6.57. The molecule has 0 radical (unpaired) electrons. The normalized spacial score (nSPS) is 28.6. The number of piperidine rings is 1. The summed E-state index contributed by atoms with van der Waals surface area (Å²) in [4.78, 5) is 6.87. The number of rotatable bonds is 3. The molecule has 3 heteroatoms. The molecule has 0 amide bonds. The third-order valence-corrected chi connectivity index (χ3v) is 4.96. The molecule has 1 saturated carbocycles. The summed E-state index contributed by atoms with van der Waals surface area (Å²) in [5.41, 5.74) is 0. The number of pyridine rings is 1. The van der Waals surface area contributed by atoms with Crippen LogP contribution in [-0.2, 0) is 0 Å². The minimum absolute atomic E-state index is 0.716. The van der Waals surface area contributed by atoms with Crippen LogP contribution in [0, 0.1) is 5.92 Å². The van der Waals surface area contributed by atoms with E-state index in [4.69, 9.17) is 0 Å². The van der Waals surface area contributed by atoms with E-state index in [1.54, 1.807) is 0 Å². The fraction of sp³-hybridized carbons (Fsp3) is 0.706. The Morgan fingerprint density at radius 1 is 1.00 bits per heavy atom. The Morgan fingerprint density at radius 2 is 1.70 bits per heavy atom. The van der Waals surface area contributed by atoms with Gasteiger partial charge in [0, 0.05) is 31.4 Å². The van der Waals surface area contributed by atoms with Crippen molar-refractivity contribution >= 4 is 5.82 Å². The van der Waals surface area contributed by atoms with Gasteiger partial charge in [-0.2, -0.15) is 0 Å². The van der Waals surface area contributed by atoms with Crippen LogP contribution in [0.4, 0.5) is 5.82 Å². The molecule has 0 spiro atoms. The van der Waals surface area contributed by atoms with Crippen molar-refractivity contribution in [1.29, 1.82) is 0 Å². The second-order valence-electron chi connectivity index (χ2n) is 6.57. The van der Waals surface area contributed by atoms with Gasteiger partial charge in [0.2, 0.25) is 0 Å². The van der Waals surface area contributed by atoms with E-state index >= 15 is 0 Å². The first-order valence-electron chi connectivity index (χ1n) is 8.23. The zero-order valence-electron chi connectivity index (χ0n) is 12.6. The Labute approximate surface area is 122 Å². The van der Waals surface area contributed by atoms with E-state index in [1.807, 2.05) is 12.3 Å². The van der Waals surface area contributed by atoms with Crippen molar-refractivity contribution < 1.29 is 0 Å². The maximum Gasteiger partial charge on any atom is 0.128 e. The van der Waals surface area contributed by atoms with Gasteiger partial charge in [-0.3, -0.25) is 0 Å². The fourth-order valence-electron chi connectivity index (χ4n) is 3.58. The minimum Gasteiger partial charge on any atom is -0.357 e. The van der Waals surface area contributed by atoms with Gasteiger partial charge >= 0.3 is 0 Å². The molecular weight excluding hydrogens is 246 g/mol. The van der Waals surface area contributed by atoms with Crippen LogP contribution in [0.1, 0.15) is 45.4 Å². The minimum atomic E-state index is 0.716. The number of anilines is 1. The summed E-state index contributed by atoms with van der Waals surface area (Å²) in [6.07, 6.45) is 9.96. The average Bonchev–Trinajstić information content (AvgIpc) is 2.51. The van der Waals surface area contributed by atoms with Gasteiger partial charge in [0.05, 0.1) is 0 Å². The molecule has 0 atom stereocenters. The van der Waals surface area contributed by atoms with E-state index in [1.165, 1.54) is 38.5 Å². The van der Waals surface area contributed by atoms with Crippen LogP contribution in [0.25, 0.3) is 0 Å². The van der Waals surface area contributed by atoms with Crippen LogP contribution in [0.15, 0.2) is 24.4 Å². The molecule has 1 N–H and O–H groups in total. The van der Waals surface area contributed by atoms with Crippen molar-refractivity contribution in [1.82, 2.24) is 10.3 Å². The lowest BCUT2D eigenvalue weighted by Gasteiger charge is -2.36. The average molecular weight is 273 g/mol. The molecule has 3 rings (SSSR count).